The zero-order valence-corrected chi connectivity index (χ0v) is 42.5. The van der Waals surface area contributed by atoms with E-state index in [0.29, 0.717) is 23.9 Å². The van der Waals surface area contributed by atoms with Crippen LogP contribution in [0.5, 0.6) is 0 Å². The first-order chi connectivity index (χ1) is 32.6. The molecule has 2 unspecified atom stereocenters. The molecule has 0 aliphatic carbocycles. The van der Waals surface area contributed by atoms with E-state index in [0.717, 1.165) is 116 Å². The van der Waals surface area contributed by atoms with Crippen molar-refractivity contribution in [1.29, 1.82) is 0 Å². The molecule has 0 heterocycles. The average molecular weight is 931 g/mol. The van der Waals surface area contributed by atoms with Crippen LogP contribution in [-0.4, -0.2) is 87.4 Å². The van der Waals surface area contributed by atoms with Gasteiger partial charge in [-0.05, 0) is 109 Å². The lowest BCUT2D eigenvalue weighted by Gasteiger charge is -2.25. The molecule has 0 radical (unpaired) electrons. The molecule has 0 aromatic rings. The Morgan fingerprint density at radius 1 is 0.448 bits per heavy atom. The zero-order valence-electron chi connectivity index (χ0n) is 42.5. The predicted molar refractivity (Wildman–Crippen MR) is 281 cm³/mol. The van der Waals surface area contributed by atoms with Crippen LogP contribution in [0, 0.1) is 0 Å². The number of carbonyl (C=O) groups is 3. The van der Waals surface area contributed by atoms with E-state index in [1.807, 2.05) is 21.1 Å². The van der Waals surface area contributed by atoms with E-state index in [1.165, 1.54) is 0 Å². The number of carboxylic acids is 1. The molecule has 0 amide bonds. The Morgan fingerprint density at radius 2 is 0.806 bits per heavy atom. The molecule has 0 aliphatic heterocycles. The zero-order chi connectivity index (χ0) is 49.2. The number of ether oxygens (including phenoxy) is 4. The summed E-state index contributed by atoms with van der Waals surface area (Å²) in [6.45, 7) is 4.53. The second-order valence-electron chi connectivity index (χ2n) is 17.4. The number of rotatable bonds is 44. The number of esters is 2. The van der Waals surface area contributed by atoms with Crippen molar-refractivity contribution in [2.75, 3.05) is 47.5 Å². The van der Waals surface area contributed by atoms with Crippen LogP contribution in [0.2, 0.25) is 0 Å². The lowest BCUT2D eigenvalue weighted by molar-refractivity contribution is -0.870. The maximum absolute atomic E-state index is 12.8. The van der Waals surface area contributed by atoms with Crippen molar-refractivity contribution in [2.45, 2.75) is 167 Å². The van der Waals surface area contributed by atoms with Gasteiger partial charge in [-0.3, -0.25) is 9.59 Å². The Kier molecular flexibility index (Phi) is 44.6. The fourth-order valence-corrected chi connectivity index (χ4v) is 6.04. The molecule has 67 heavy (non-hydrogen) atoms. The molecule has 0 saturated heterocycles. The minimum absolute atomic E-state index is 0.168. The Bertz CT molecular complexity index is 1550. The van der Waals surface area contributed by atoms with Crippen LogP contribution in [0.4, 0.5) is 0 Å². The minimum atomic E-state index is -1.53. The van der Waals surface area contributed by atoms with E-state index in [4.69, 9.17) is 18.9 Å². The molecule has 0 saturated carbocycles. The molecule has 2 atom stereocenters. The van der Waals surface area contributed by atoms with Crippen molar-refractivity contribution in [3.63, 3.8) is 0 Å². The Hall–Kier alpha value is -4.57. The van der Waals surface area contributed by atoms with Gasteiger partial charge < -0.3 is 28.5 Å². The van der Waals surface area contributed by atoms with Crippen molar-refractivity contribution < 1.29 is 42.9 Å². The van der Waals surface area contributed by atoms with Gasteiger partial charge in [0.2, 0.25) is 0 Å². The van der Waals surface area contributed by atoms with E-state index in [9.17, 15) is 19.5 Å². The first kappa shape index (κ1) is 62.4. The van der Waals surface area contributed by atoms with Gasteiger partial charge in [-0.1, -0.05) is 167 Å². The number of nitrogens with zero attached hydrogens (tertiary/aromatic N) is 1. The van der Waals surface area contributed by atoms with E-state index in [1.54, 1.807) is 0 Å². The maximum atomic E-state index is 12.8. The van der Waals surface area contributed by atoms with Gasteiger partial charge >= 0.3 is 17.9 Å². The van der Waals surface area contributed by atoms with Gasteiger partial charge in [-0.15, -0.1) is 0 Å². The van der Waals surface area contributed by atoms with Crippen molar-refractivity contribution in [3.8, 4) is 0 Å². The van der Waals surface area contributed by atoms with E-state index in [2.05, 4.69) is 148 Å². The third-order valence-electron chi connectivity index (χ3n) is 9.90. The first-order valence-electron chi connectivity index (χ1n) is 25.3. The van der Waals surface area contributed by atoms with E-state index >= 15 is 0 Å². The molecule has 0 aromatic carbocycles. The summed E-state index contributed by atoms with van der Waals surface area (Å²) >= 11 is 0. The topological polar surface area (TPSA) is 108 Å². The van der Waals surface area contributed by atoms with Crippen molar-refractivity contribution in [3.05, 3.63) is 134 Å². The molecule has 0 aliphatic rings. The van der Waals surface area contributed by atoms with Crippen LogP contribution in [-0.2, 0) is 33.3 Å². The molecular formula is C58H92NO8+. The summed E-state index contributed by atoms with van der Waals surface area (Å²) in [6.07, 6.45) is 65.2. The largest absolute Gasteiger partial charge is 0.477 e. The van der Waals surface area contributed by atoms with Crippen LogP contribution >= 0.6 is 0 Å². The molecule has 0 aromatic heterocycles. The van der Waals surface area contributed by atoms with Crippen LogP contribution in [0.3, 0.4) is 0 Å². The van der Waals surface area contributed by atoms with Gasteiger partial charge in [0.15, 0.2) is 6.10 Å². The third kappa shape index (κ3) is 49.2. The smallest absolute Gasteiger partial charge is 0.361 e. The molecule has 0 bridgehead atoms. The predicted octanol–water partition coefficient (Wildman–Crippen LogP) is 14.3. The second kappa shape index (κ2) is 47.9. The number of hydrogen-bond acceptors (Lipinski definition) is 7. The van der Waals surface area contributed by atoms with Gasteiger partial charge in [-0.25, -0.2) is 4.79 Å². The maximum Gasteiger partial charge on any atom is 0.361 e. The van der Waals surface area contributed by atoms with Crippen LogP contribution in [0.15, 0.2) is 134 Å². The fourth-order valence-electron chi connectivity index (χ4n) is 6.04. The molecule has 0 fully saturated rings. The highest BCUT2D eigenvalue weighted by molar-refractivity contribution is 5.71. The van der Waals surface area contributed by atoms with Gasteiger partial charge in [0.05, 0.1) is 34.4 Å². The van der Waals surface area contributed by atoms with Gasteiger partial charge in [-0.2, -0.15) is 0 Å². The van der Waals surface area contributed by atoms with Crippen LogP contribution in [0.25, 0.3) is 0 Å². The number of carboxylic acid groups (broad SMARTS) is 1. The highest BCUT2D eigenvalue weighted by Crippen LogP contribution is 2.12. The van der Waals surface area contributed by atoms with Crippen molar-refractivity contribution in [1.82, 2.24) is 0 Å². The lowest BCUT2D eigenvalue weighted by atomic mass is 10.1. The lowest BCUT2D eigenvalue weighted by Crippen LogP contribution is -2.40. The number of carbonyl (C=O) groups excluding carboxylic acids is 2. The van der Waals surface area contributed by atoms with Gasteiger partial charge in [0, 0.05) is 12.8 Å². The monoisotopic (exact) mass is 931 g/mol. The highest BCUT2D eigenvalue weighted by atomic mass is 16.7. The average Bonchev–Trinajstić information content (AvgIpc) is 3.29. The summed E-state index contributed by atoms with van der Waals surface area (Å²) in [4.78, 5) is 37.2. The Morgan fingerprint density at radius 3 is 1.22 bits per heavy atom. The number of hydrogen-bond donors (Lipinski definition) is 1. The minimum Gasteiger partial charge on any atom is -0.477 e. The van der Waals surface area contributed by atoms with E-state index in [-0.39, 0.29) is 32.7 Å². The van der Waals surface area contributed by atoms with Gasteiger partial charge in [0.25, 0.3) is 6.29 Å². The SMILES string of the molecule is CC/C=C\C/C=C\C/C=C\C/C=C\C/C=C\C/C=C\C/C=C\CCCCCCCC(=O)OC(COC(=O)CCCC/C=C\C/C=C\C/C=C\C/C=C\CC)COC(OCC[N+](C)(C)C)C(=O)O. The summed E-state index contributed by atoms with van der Waals surface area (Å²) < 4.78 is 22.7. The molecule has 0 spiro atoms. The summed E-state index contributed by atoms with van der Waals surface area (Å²) in [6, 6.07) is 0. The molecule has 9 heteroatoms. The number of unbranched alkanes of at least 4 members (excludes halogenated alkanes) is 7. The second-order valence-corrected chi connectivity index (χ2v) is 17.4. The van der Waals surface area contributed by atoms with Crippen molar-refractivity contribution >= 4 is 17.9 Å². The van der Waals surface area contributed by atoms with Gasteiger partial charge in [0.1, 0.15) is 13.2 Å². The summed E-state index contributed by atoms with van der Waals surface area (Å²) in [5, 5.41) is 9.66. The quantitative estimate of drug-likeness (QED) is 0.0212. The Balaban J connectivity index is 4.45. The highest BCUT2D eigenvalue weighted by Gasteiger charge is 2.25. The summed E-state index contributed by atoms with van der Waals surface area (Å²) in [7, 11) is 5.92. The normalized spacial score (nSPS) is 14.0. The number of allylic oxidation sites excluding steroid dienone is 22. The number of aliphatic carboxylic acids is 1. The van der Waals surface area contributed by atoms with Crippen LogP contribution in [0.1, 0.15) is 155 Å². The standard InChI is InChI=1S/C58H91NO8/c1-6-8-10-12-14-16-18-20-22-23-24-25-26-27-28-29-30-31-32-33-35-37-39-41-43-45-47-49-56(61)67-54(53-66-58(57(62)63)64-51-50-59(3,4)5)52-65-55(60)48-46-44-42-40-38-36-34-21-19-17-15-13-11-9-7-2/h8-11,14-17,20-22,24-25,27-28,30-31,33-35,38,40,54,58H,6-7,12-13,18-19,23,26,29,32,36-37,39,41-53H2,1-5H3/p+1/b10-8-,11-9-,16-14-,17-15-,22-20-,25-24-,28-27-,31-30-,34-21-,35-33-,40-38-. The molecule has 9 nitrogen and oxygen atoms in total. The number of likely N-dealkylation sites (N-methyl/N-ethyl adjacent to an activating group) is 1. The van der Waals surface area contributed by atoms with E-state index < -0.39 is 30.3 Å². The van der Waals surface area contributed by atoms with Crippen LogP contribution < -0.4 is 0 Å². The molecule has 0 rings (SSSR count). The number of quaternary nitrogens is 1. The van der Waals surface area contributed by atoms with Crippen molar-refractivity contribution in [2.24, 2.45) is 0 Å². The summed E-state index contributed by atoms with van der Waals surface area (Å²) in [5.41, 5.74) is 0. The summed E-state index contributed by atoms with van der Waals surface area (Å²) in [5.74, 6) is -2.11. The molecule has 376 valence electrons. The fraction of sp³-hybridized carbons (Fsp3) is 0.569. The third-order valence-corrected chi connectivity index (χ3v) is 9.90. The first-order valence-corrected chi connectivity index (χ1v) is 25.3. The molecular weight excluding hydrogens is 839 g/mol. The Labute approximate surface area is 408 Å². The molecule has 1 N–H and O–H groups in total.